The van der Waals surface area contributed by atoms with Gasteiger partial charge in [-0.05, 0) is 74.2 Å². The molecule has 5 rings (SSSR count). The topological polar surface area (TPSA) is 81.8 Å². The minimum atomic E-state index is -1.31. The third kappa shape index (κ3) is 3.68. The second-order valence-electron chi connectivity index (χ2n) is 8.12. The lowest BCUT2D eigenvalue weighted by molar-refractivity contribution is -0.151. The molecule has 1 aliphatic heterocycles. The fourth-order valence-electron chi connectivity index (χ4n) is 4.51. The summed E-state index contributed by atoms with van der Waals surface area (Å²) >= 11 is 5.93. The zero-order chi connectivity index (χ0) is 21.3. The van der Waals surface area contributed by atoms with Gasteiger partial charge in [0.1, 0.15) is 29.9 Å². The highest BCUT2D eigenvalue weighted by atomic mass is 35.5. The van der Waals surface area contributed by atoms with E-state index >= 15 is 0 Å². The molecule has 1 unspecified atom stereocenters. The first-order valence-electron chi connectivity index (χ1n) is 10.4. The molecule has 0 amide bonds. The Morgan fingerprint density at radius 2 is 1.68 bits per heavy atom. The average Bonchev–Trinajstić information content (AvgIpc) is 3.38. The monoisotopic (exact) mass is 438 g/mol. The van der Waals surface area contributed by atoms with Gasteiger partial charge in [0.25, 0.3) is 0 Å². The van der Waals surface area contributed by atoms with Crippen molar-refractivity contribution in [3.63, 3.8) is 0 Å². The molecule has 1 saturated carbocycles. The van der Waals surface area contributed by atoms with Crippen molar-refractivity contribution in [3.05, 3.63) is 71.8 Å². The van der Waals surface area contributed by atoms with Gasteiger partial charge in [0.2, 0.25) is 0 Å². The van der Waals surface area contributed by atoms with Crippen LogP contribution in [0.15, 0.2) is 66.3 Å². The second-order valence-corrected chi connectivity index (χ2v) is 8.56. The van der Waals surface area contributed by atoms with Gasteiger partial charge >= 0.3 is 0 Å². The predicted octanol–water partition coefficient (Wildman–Crippen LogP) is 4.59. The van der Waals surface area contributed by atoms with Crippen LogP contribution in [0.25, 0.3) is 0 Å². The molecule has 1 aromatic heterocycles. The number of oxime groups is 1. The Hall–Kier alpha value is -2.90. The number of ether oxygens (including phenoxy) is 1. The first-order valence-corrected chi connectivity index (χ1v) is 10.8. The van der Waals surface area contributed by atoms with Crippen molar-refractivity contribution >= 4 is 17.3 Å². The van der Waals surface area contributed by atoms with Crippen LogP contribution in [0.1, 0.15) is 37.7 Å². The maximum absolute atomic E-state index is 12.0. The molecule has 1 N–H and O–H groups in total. The molecule has 0 saturated heterocycles. The van der Waals surface area contributed by atoms with Gasteiger partial charge in [-0.15, -0.1) is 0 Å². The van der Waals surface area contributed by atoms with Crippen molar-refractivity contribution in [2.45, 2.75) is 49.9 Å². The van der Waals surface area contributed by atoms with E-state index < -0.39 is 11.2 Å². The van der Waals surface area contributed by atoms with Crippen molar-refractivity contribution in [1.29, 1.82) is 0 Å². The Morgan fingerprint density at radius 3 is 2.32 bits per heavy atom. The molecule has 1 atom stereocenters. The Balaban J connectivity index is 1.43. The summed E-state index contributed by atoms with van der Waals surface area (Å²) in [5.41, 5.74) is -0.749. The maximum atomic E-state index is 12.0. The summed E-state index contributed by atoms with van der Waals surface area (Å²) in [5, 5.41) is 21.2. The summed E-state index contributed by atoms with van der Waals surface area (Å²) in [6, 6.07) is 14.7. The van der Waals surface area contributed by atoms with Crippen molar-refractivity contribution in [2.24, 2.45) is 5.16 Å². The molecule has 1 spiro atoms. The number of rotatable bonds is 5. The minimum absolute atomic E-state index is 0.231. The normalized spacial score (nSPS) is 22.2. The summed E-state index contributed by atoms with van der Waals surface area (Å²) in [6.45, 7) is 0.231. The number of benzene rings is 2. The van der Waals surface area contributed by atoms with Crippen molar-refractivity contribution in [1.82, 2.24) is 14.8 Å². The second kappa shape index (κ2) is 7.98. The lowest BCUT2D eigenvalue weighted by Crippen LogP contribution is -2.59. The molecule has 160 valence electrons. The van der Waals surface area contributed by atoms with E-state index in [0.717, 1.165) is 37.7 Å². The van der Waals surface area contributed by atoms with Crippen LogP contribution < -0.4 is 4.74 Å². The van der Waals surface area contributed by atoms with Gasteiger partial charge in [-0.1, -0.05) is 23.2 Å². The van der Waals surface area contributed by atoms with Crippen LogP contribution in [-0.2, 0) is 11.4 Å². The van der Waals surface area contributed by atoms with Gasteiger partial charge in [0.15, 0.2) is 11.2 Å². The van der Waals surface area contributed by atoms with Gasteiger partial charge in [0.05, 0.1) is 6.54 Å². The first kappa shape index (κ1) is 20.0. The minimum Gasteiger partial charge on any atom is -0.457 e. The third-order valence-electron chi connectivity index (χ3n) is 6.15. The third-order valence-corrected chi connectivity index (χ3v) is 6.40. The van der Waals surface area contributed by atoms with Crippen LogP contribution in [0.5, 0.6) is 11.5 Å². The van der Waals surface area contributed by atoms with Gasteiger partial charge < -0.3 is 14.7 Å². The Labute approximate surface area is 185 Å². The van der Waals surface area contributed by atoms with E-state index in [-0.39, 0.29) is 6.54 Å². The summed E-state index contributed by atoms with van der Waals surface area (Å²) in [7, 11) is 0. The van der Waals surface area contributed by atoms with Crippen LogP contribution in [0.3, 0.4) is 0 Å². The van der Waals surface area contributed by atoms with Gasteiger partial charge in [0, 0.05) is 10.6 Å². The first-order chi connectivity index (χ1) is 15.1. The van der Waals surface area contributed by atoms with Gasteiger partial charge in [-0.3, -0.25) is 0 Å². The molecule has 1 fully saturated rings. The molecule has 2 heterocycles. The summed E-state index contributed by atoms with van der Waals surface area (Å²) in [4.78, 5) is 10.0. The van der Waals surface area contributed by atoms with Crippen molar-refractivity contribution in [2.75, 3.05) is 0 Å². The SMILES string of the molecule is OC1(Cn2cncn2)C(c2ccc(Oc3ccc(Cl)cc3)cc2)=NOC12CCCCC2. The van der Waals surface area contributed by atoms with E-state index in [9.17, 15) is 5.11 Å². The van der Waals surface area contributed by atoms with Crippen molar-refractivity contribution in [3.8, 4) is 11.5 Å². The molecule has 0 radical (unpaired) electrons. The van der Waals surface area contributed by atoms with E-state index in [0.29, 0.717) is 22.2 Å². The summed E-state index contributed by atoms with van der Waals surface area (Å²) in [6.07, 6.45) is 7.70. The van der Waals surface area contributed by atoms with Crippen LogP contribution in [-0.4, -0.2) is 36.8 Å². The van der Waals surface area contributed by atoms with E-state index in [1.54, 1.807) is 23.1 Å². The molecule has 2 aliphatic rings. The molecule has 2 aromatic carbocycles. The van der Waals surface area contributed by atoms with Crippen LogP contribution in [0.4, 0.5) is 0 Å². The van der Waals surface area contributed by atoms with Gasteiger partial charge in [-0.2, -0.15) is 5.10 Å². The van der Waals surface area contributed by atoms with E-state index in [2.05, 4.69) is 15.2 Å². The zero-order valence-corrected chi connectivity index (χ0v) is 17.7. The Kier molecular flexibility index (Phi) is 5.16. The summed E-state index contributed by atoms with van der Waals surface area (Å²) < 4.78 is 7.52. The van der Waals surface area contributed by atoms with E-state index in [1.165, 1.54) is 6.33 Å². The lowest BCUT2D eigenvalue weighted by atomic mass is 9.69. The smallest absolute Gasteiger partial charge is 0.173 e. The zero-order valence-electron chi connectivity index (χ0n) is 16.9. The highest BCUT2D eigenvalue weighted by molar-refractivity contribution is 6.30. The summed E-state index contributed by atoms with van der Waals surface area (Å²) in [5.74, 6) is 1.38. The molecule has 3 aromatic rings. The molecule has 8 heteroatoms. The molecule has 31 heavy (non-hydrogen) atoms. The van der Waals surface area contributed by atoms with Gasteiger partial charge in [-0.25, -0.2) is 9.67 Å². The molecular formula is C23H23ClN4O3. The average molecular weight is 439 g/mol. The number of hydrogen-bond donors (Lipinski definition) is 1. The largest absolute Gasteiger partial charge is 0.457 e. The number of nitrogens with zero attached hydrogens (tertiary/aromatic N) is 4. The predicted molar refractivity (Wildman–Crippen MR) is 116 cm³/mol. The highest BCUT2D eigenvalue weighted by Crippen LogP contribution is 2.47. The number of aromatic nitrogens is 3. The number of hydrogen-bond acceptors (Lipinski definition) is 6. The standard InChI is InChI=1S/C23H23ClN4O3/c24-18-6-10-20(11-7-18)30-19-8-4-17(5-9-19)21-23(29,14-28-16-25-15-26-28)22(31-27-21)12-2-1-3-13-22/h4-11,15-16,29H,1-3,12-14H2. The quantitative estimate of drug-likeness (QED) is 0.629. The fourth-order valence-corrected chi connectivity index (χ4v) is 4.63. The Bertz CT molecular complexity index is 1060. The maximum Gasteiger partial charge on any atom is 0.173 e. The molecule has 0 bridgehead atoms. The molecule has 1 aliphatic carbocycles. The number of aliphatic hydroxyl groups is 1. The van der Waals surface area contributed by atoms with Crippen LogP contribution >= 0.6 is 11.6 Å². The van der Waals surface area contributed by atoms with E-state index in [4.69, 9.17) is 21.2 Å². The lowest BCUT2D eigenvalue weighted by Gasteiger charge is -2.42. The fraction of sp³-hybridized carbons (Fsp3) is 0.348. The highest BCUT2D eigenvalue weighted by Gasteiger charge is 2.61. The van der Waals surface area contributed by atoms with Crippen LogP contribution in [0.2, 0.25) is 5.02 Å². The van der Waals surface area contributed by atoms with Crippen LogP contribution in [0, 0.1) is 0 Å². The Morgan fingerprint density at radius 1 is 1.00 bits per heavy atom. The van der Waals surface area contributed by atoms with Crippen molar-refractivity contribution < 1.29 is 14.7 Å². The molecular weight excluding hydrogens is 416 g/mol. The molecule has 7 nitrogen and oxygen atoms in total. The number of halogens is 1. The van der Waals surface area contributed by atoms with E-state index in [1.807, 2.05) is 36.4 Å².